The van der Waals surface area contributed by atoms with Gasteiger partial charge in [-0.3, -0.25) is 0 Å². The van der Waals surface area contributed by atoms with Gasteiger partial charge in [0.2, 0.25) is 0 Å². The summed E-state index contributed by atoms with van der Waals surface area (Å²) in [7, 11) is 1.53. The molecule has 0 saturated heterocycles. The van der Waals surface area contributed by atoms with Crippen molar-refractivity contribution >= 4 is 40.3 Å². The van der Waals surface area contributed by atoms with E-state index in [1.54, 1.807) is 24.3 Å². The molecule has 0 aliphatic heterocycles. The quantitative estimate of drug-likeness (QED) is 0.739. The minimum absolute atomic E-state index is 0.0712. The van der Waals surface area contributed by atoms with Gasteiger partial charge in [0, 0.05) is 11.8 Å². The molecule has 0 bridgehead atoms. The number of thiocarbonyl (C=S) groups is 1. The van der Waals surface area contributed by atoms with Gasteiger partial charge in [0.05, 0.1) is 23.4 Å². The van der Waals surface area contributed by atoms with Gasteiger partial charge in [-0.1, -0.05) is 17.7 Å². The summed E-state index contributed by atoms with van der Waals surface area (Å²) in [6.45, 7) is 0. The van der Waals surface area contributed by atoms with Gasteiger partial charge in [-0.15, -0.1) is 0 Å². The van der Waals surface area contributed by atoms with Gasteiger partial charge in [-0.2, -0.15) is 13.2 Å². The summed E-state index contributed by atoms with van der Waals surface area (Å²) in [4.78, 5) is 0. The summed E-state index contributed by atoms with van der Waals surface area (Å²) in [5.74, 6) is 0.620. The van der Waals surface area contributed by atoms with Crippen LogP contribution in [0.2, 0.25) is 5.02 Å². The van der Waals surface area contributed by atoms with E-state index < -0.39 is 11.7 Å². The minimum Gasteiger partial charge on any atom is -0.497 e. The highest BCUT2D eigenvalue weighted by Crippen LogP contribution is 2.33. The fourth-order valence-electron chi connectivity index (χ4n) is 1.78. The molecule has 2 aromatic rings. The zero-order valence-corrected chi connectivity index (χ0v) is 13.4. The number of nitrogens with one attached hydrogen (secondary N) is 2. The fraction of sp³-hybridized carbons (Fsp3) is 0.133. The van der Waals surface area contributed by atoms with E-state index in [4.69, 9.17) is 28.6 Å². The first-order valence-electron chi connectivity index (χ1n) is 6.38. The Labute approximate surface area is 141 Å². The Kier molecular flexibility index (Phi) is 5.33. The number of hydrogen-bond donors (Lipinski definition) is 2. The summed E-state index contributed by atoms with van der Waals surface area (Å²) in [5.41, 5.74) is -0.111. The van der Waals surface area contributed by atoms with Crippen LogP contribution in [0.4, 0.5) is 24.5 Å². The zero-order valence-electron chi connectivity index (χ0n) is 11.9. The van der Waals surface area contributed by atoms with E-state index in [-0.39, 0.29) is 15.8 Å². The topological polar surface area (TPSA) is 33.3 Å². The molecule has 0 spiro atoms. The van der Waals surface area contributed by atoms with Crippen molar-refractivity contribution in [3.8, 4) is 5.75 Å². The smallest absolute Gasteiger partial charge is 0.416 e. The van der Waals surface area contributed by atoms with Crippen molar-refractivity contribution in [3.05, 3.63) is 53.1 Å². The number of halogens is 4. The van der Waals surface area contributed by atoms with Crippen molar-refractivity contribution in [2.75, 3.05) is 17.7 Å². The van der Waals surface area contributed by atoms with E-state index in [2.05, 4.69) is 10.6 Å². The van der Waals surface area contributed by atoms with E-state index >= 15 is 0 Å². The molecular weight excluding hydrogens is 349 g/mol. The van der Waals surface area contributed by atoms with Crippen LogP contribution in [0.3, 0.4) is 0 Å². The first kappa shape index (κ1) is 17.4. The van der Waals surface area contributed by atoms with E-state index in [0.29, 0.717) is 11.4 Å². The number of hydrogen-bond acceptors (Lipinski definition) is 2. The van der Waals surface area contributed by atoms with E-state index in [0.717, 1.165) is 12.1 Å². The Morgan fingerprint density at radius 3 is 2.52 bits per heavy atom. The van der Waals surface area contributed by atoms with Crippen molar-refractivity contribution in [1.29, 1.82) is 0 Å². The molecule has 8 heteroatoms. The highest BCUT2D eigenvalue weighted by atomic mass is 35.5. The predicted octanol–water partition coefficient (Wildman–Crippen LogP) is 5.18. The van der Waals surface area contributed by atoms with Gasteiger partial charge in [-0.05, 0) is 42.5 Å². The van der Waals surface area contributed by atoms with Crippen LogP contribution in [0, 0.1) is 0 Å². The van der Waals surface area contributed by atoms with Crippen molar-refractivity contribution in [2.24, 2.45) is 0 Å². The number of rotatable bonds is 3. The van der Waals surface area contributed by atoms with Crippen LogP contribution in [-0.4, -0.2) is 12.2 Å². The van der Waals surface area contributed by atoms with Gasteiger partial charge >= 0.3 is 6.18 Å². The maximum atomic E-state index is 12.7. The summed E-state index contributed by atoms with van der Waals surface area (Å²) < 4.78 is 43.3. The molecule has 2 aromatic carbocycles. The second kappa shape index (κ2) is 7.06. The Balaban J connectivity index is 2.13. The molecule has 2 N–H and O–H groups in total. The number of alkyl halides is 3. The lowest BCUT2D eigenvalue weighted by atomic mass is 10.2. The highest BCUT2D eigenvalue weighted by molar-refractivity contribution is 7.80. The monoisotopic (exact) mass is 360 g/mol. The van der Waals surface area contributed by atoms with Crippen LogP contribution >= 0.6 is 23.8 Å². The third-order valence-electron chi connectivity index (χ3n) is 2.87. The minimum atomic E-state index is -4.46. The molecular formula is C15H12ClF3N2OS. The Hall–Kier alpha value is -1.99. The van der Waals surface area contributed by atoms with Crippen molar-refractivity contribution in [2.45, 2.75) is 6.18 Å². The van der Waals surface area contributed by atoms with Gasteiger partial charge in [0.15, 0.2) is 5.11 Å². The normalized spacial score (nSPS) is 11.0. The Morgan fingerprint density at radius 1 is 1.13 bits per heavy atom. The molecule has 0 heterocycles. The van der Waals surface area contributed by atoms with Crippen molar-refractivity contribution in [1.82, 2.24) is 0 Å². The molecule has 2 rings (SSSR count). The summed E-state index contributed by atoms with van der Waals surface area (Å²) in [6.07, 6.45) is -4.46. The molecule has 0 atom stereocenters. The molecule has 3 nitrogen and oxygen atoms in total. The van der Waals surface area contributed by atoms with Crippen LogP contribution in [0.5, 0.6) is 5.75 Å². The highest BCUT2D eigenvalue weighted by Gasteiger charge is 2.31. The Morgan fingerprint density at radius 2 is 1.87 bits per heavy atom. The van der Waals surface area contributed by atoms with E-state index in [9.17, 15) is 13.2 Å². The molecule has 122 valence electrons. The lowest BCUT2D eigenvalue weighted by molar-refractivity contribution is -0.137. The van der Waals surface area contributed by atoms with Gasteiger partial charge in [0.25, 0.3) is 0 Å². The van der Waals surface area contributed by atoms with Crippen LogP contribution < -0.4 is 15.4 Å². The summed E-state index contributed by atoms with van der Waals surface area (Å²) in [5, 5.41) is 5.75. The maximum absolute atomic E-state index is 12.7. The molecule has 23 heavy (non-hydrogen) atoms. The number of ether oxygens (including phenoxy) is 1. The van der Waals surface area contributed by atoms with Crippen molar-refractivity contribution in [3.63, 3.8) is 0 Å². The second-order valence-corrected chi connectivity index (χ2v) is 5.32. The third kappa shape index (κ3) is 4.74. The standard InChI is InChI=1S/C15H12ClF3N2OS/c1-22-11-4-2-3-10(8-11)20-14(23)21-13-7-9(15(17,18)19)5-6-12(13)16/h2-8H,1H3,(H2,20,21,23). The lowest BCUT2D eigenvalue weighted by Gasteiger charge is -2.14. The number of benzene rings is 2. The van der Waals surface area contributed by atoms with Crippen LogP contribution in [0.15, 0.2) is 42.5 Å². The molecule has 0 radical (unpaired) electrons. The predicted molar refractivity (Wildman–Crippen MR) is 89.3 cm³/mol. The fourth-order valence-corrected chi connectivity index (χ4v) is 2.18. The average Bonchev–Trinajstić information content (AvgIpc) is 2.48. The average molecular weight is 361 g/mol. The maximum Gasteiger partial charge on any atom is 0.416 e. The molecule has 0 amide bonds. The first-order valence-corrected chi connectivity index (χ1v) is 7.17. The molecule has 0 aliphatic carbocycles. The molecule has 0 aliphatic rings. The molecule has 0 saturated carbocycles. The third-order valence-corrected chi connectivity index (χ3v) is 3.40. The van der Waals surface area contributed by atoms with E-state index in [1.807, 2.05) is 0 Å². The number of anilines is 2. The van der Waals surface area contributed by atoms with Gasteiger partial charge in [-0.25, -0.2) is 0 Å². The van der Waals surface area contributed by atoms with Crippen LogP contribution in [0.25, 0.3) is 0 Å². The largest absolute Gasteiger partial charge is 0.497 e. The van der Waals surface area contributed by atoms with Crippen molar-refractivity contribution < 1.29 is 17.9 Å². The first-order chi connectivity index (χ1) is 10.8. The SMILES string of the molecule is COc1cccc(NC(=S)Nc2cc(C(F)(F)F)ccc2Cl)c1. The summed E-state index contributed by atoms with van der Waals surface area (Å²) in [6, 6.07) is 9.92. The van der Waals surface area contributed by atoms with Gasteiger partial charge in [0.1, 0.15) is 5.75 Å². The summed E-state index contributed by atoms with van der Waals surface area (Å²) >= 11 is 11.0. The Bertz CT molecular complexity index is 722. The van der Waals surface area contributed by atoms with Crippen LogP contribution in [0.1, 0.15) is 5.56 Å². The van der Waals surface area contributed by atoms with E-state index in [1.165, 1.54) is 13.2 Å². The van der Waals surface area contributed by atoms with Crippen LogP contribution in [-0.2, 0) is 6.18 Å². The van der Waals surface area contributed by atoms with Gasteiger partial charge < -0.3 is 15.4 Å². The zero-order chi connectivity index (χ0) is 17.0. The molecule has 0 fully saturated rings. The second-order valence-electron chi connectivity index (χ2n) is 4.50. The molecule has 0 aromatic heterocycles. The lowest BCUT2D eigenvalue weighted by Crippen LogP contribution is -2.19. The number of methoxy groups -OCH3 is 1. The molecule has 0 unspecified atom stereocenters.